The first-order chi connectivity index (χ1) is 18.9. The predicted molar refractivity (Wildman–Crippen MR) is 164 cm³/mol. The summed E-state index contributed by atoms with van der Waals surface area (Å²) in [6, 6.07) is 31.0. The molecule has 0 radical (unpaired) electrons. The summed E-state index contributed by atoms with van der Waals surface area (Å²) >= 11 is 0. The van der Waals surface area contributed by atoms with E-state index in [0.717, 1.165) is 54.3 Å². The van der Waals surface area contributed by atoms with Gasteiger partial charge in [-0.05, 0) is 57.0 Å². The summed E-state index contributed by atoms with van der Waals surface area (Å²) in [5.74, 6) is 0.860. The smallest absolute Gasteiger partial charge is 0.141 e. The molecule has 0 aliphatic carbocycles. The first-order valence-corrected chi connectivity index (χ1v) is 13.6. The second-order valence-corrected chi connectivity index (χ2v) is 11.1. The van der Waals surface area contributed by atoms with Gasteiger partial charge in [0.2, 0.25) is 0 Å². The largest absolute Gasteiger partial charge is 0.506 e. The van der Waals surface area contributed by atoms with Crippen molar-refractivity contribution in [2.75, 3.05) is 0 Å². The summed E-state index contributed by atoms with van der Waals surface area (Å²) < 4.78 is 0. The van der Waals surface area contributed by atoms with Crippen molar-refractivity contribution >= 4 is 54.3 Å². The van der Waals surface area contributed by atoms with Gasteiger partial charge in [-0.3, -0.25) is 9.97 Å². The molecule has 4 heteroatoms. The summed E-state index contributed by atoms with van der Waals surface area (Å²) in [6.07, 6.45) is 1.83. The fourth-order valence-corrected chi connectivity index (χ4v) is 6.10. The third kappa shape index (κ3) is 3.99. The van der Waals surface area contributed by atoms with Crippen LogP contribution in [0.3, 0.4) is 0 Å². The first kappa shape index (κ1) is 26.4. The molecule has 3 nitrogen and oxygen atoms in total. The fraction of sp³-hybridized carbons (Fsp3) is 0.167. The summed E-state index contributed by atoms with van der Waals surface area (Å²) in [6.45, 7) is 9.00. The van der Waals surface area contributed by atoms with Gasteiger partial charge in [-0.1, -0.05) is 110 Å². The summed E-state index contributed by atoms with van der Waals surface area (Å²) in [5, 5.41) is 18.3. The second kappa shape index (κ2) is 9.98. The van der Waals surface area contributed by atoms with Crippen LogP contribution in [-0.2, 0) is 21.1 Å². The Morgan fingerprint density at radius 3 is 1.98 bits per heavy atom. The van der Waals surface area contributed by atoms with E-state index >= 15 is 0 Å². The SMILES string of the molecule is CC(C)c1cccc(C(C)C)c1-c1c2cccc(O)c2nc2c1ccc1cc3ccc4cccnc4c3[c-]c12.[Pt]. The van der Waals surface area contributed by atoms with Crippen LogP contribution in [0, 0.1) is 6.07 Å². The minimum atomic E-state index is 0. The van der Waals surface area contributed by atoms with E-state index in [9.17, 15) is 5.11 Å². The van der Waals surface area contributed by atoms with Crippen LogP contribution in [0.4, 0.5) is 0 Å². The molecule has 0 bridgehead atoms. The maximum atomic E-state index is 11.1. The molecule has 0 saturated carbocycles. The summed E-state index contributed by atoms with van der Waals surface area (Å²) in [7, 11) is 0. The molecular weight excluding hydrogens is 671 g/mol. The zero-order valence-electron chi connectivity index (χ0n) is 22.9. The van der Waals surface area contributed by atoms with Crippen molar-refractivity contribution < 1.29 is 26.2 Å². The maximum Gasteiger partial charge on any atom is 0.141 e. The van der Waals surface area contributed by atoms with Crippen LogP contribution in [0.25, 0.3) is 65.4 Å². The molecule has 0 saturated heterocycles. The Labute approximate surface area is 248 Å². The topological polar surface area (TPSA) is 46.0 Å². The van der Waals surface area contributed by atoms with Gasteiger partial charge in [-0.2, -0.15) is 0 Å². The molecule has 7 rings (SSSR count). The number of phenols is 1. The Bertz CT molecular complexity index is 2070. The normalized spacial score (nSPS) is 11.8. The second-order valence-electron chi connectivity index (χ2n) is 11.1. The number of aromatic hydroxyl groups is 1. The van der Waals surface area contributed by atoms with Gasteiger partial charge < -0.3 is 5.11 Å². The number of hydrogen-bond acceptors (Lipinski definition) is 3. The van der Waals surface area contributed by atoms with Crippen molar-refractivity contribution in [1.82, 2.24) is 9.97 Å². The molecule has 2 aromatic heterocycles. The van der Waals surface area contributed by atoms with Crippen LogP contribution in [0.2, 0.25) is 0 Å². The zero-order chi connectivity index (χ0) is 26.8. The summed E-state index contributed by atoms with van der Waals surface area (Å²) in [4.78, 5) is 9.82. The van der Waals surface area contributed by atoms with Crippen molar-refractivity contribution in [2.24, 2.45) is 0 Å². The number of rotatable bonds is 3. The number of benzene rings is 5. The molecule has 7 aromatic rings. The van der Waals surface area contributed by atoms with Gasteiger partial charge in [-0.25, -0.2) is 0 Å². The molecular formula is C36H29N2OPt-. The van der Waals surface area contributed by atoms with Crippen molar-refractivity contribution in [3.63, 3.8) is 0 Å². The molecule has 0 unspecified atom stereocenters. The maximum absolute atomic E-state index is 11.1. The Balaban J connectivity index is 0.00000289. The Kier molecular flexibility index (Phi) is 6.59. The molecule has 0 aliphatic heterocycles. The number of aromatic nitrogens is 2. The van der Waals surface area contributed by atoms with E-state index in [1.807, 2.05) is 18.3 Å². The van der Waals surface area contributed by atoms with E-state index in [2.05, 4.69) is 94.4 Å². The number of hydrogen-bond donors (Lipinski definition) is 1. The van der Waals surface area contributed by atoms with Crippen molar-refractivity contribution in [1.29, 1.82) is 0 Å². The van der Waals surface area contributed by atoms with Gasteiger partial charge in [0, 0.05) is 43.7 Å². The first-order valence-electron chi connectivity index (χ1n) is 13.6. The number of fused-ring (bicyclic) bond motifs is 7. The van der Waals surface area contributed by atoms with Gasteiger partial charge in [0.25, 0.3) is 0 Å². The number of nitrogens with zero attached hydrogens (tertiary/aromatic N) is 2. The molecule has 0 fully saturated rings. The average Bonchev–Trinajstić information content (AvgIpc) is 2.95. The molecule has 2 heterocycles. The quantitative estimate of drug-likeness (QED) is 0.114. The fourth-order valence-electron chi connectivity index (χ4n) is 6.10. The minimum absolute atomic E-state index is 0. The van der Waals surface area contributed by atoms with E-state index in [4.69, 9.17) is 9.97 Å². The third-order valence-electron chi connectivity index (χ3n) is 7.98. The minimum Gasteiger partial charge on any atom is -0.506 e. The number of para-hydroxylation sites is 1. The zero-order valence-corrected chi connectivity index (χ0v) is 25.2. The third-order valence-corrected chi connectivity index (χ3v) is 7.98. The van der Waals surface area contributed by atoms with Crippen molar-refractivity contribution in [3.8, 4) is 16.9 Å². The number of pyridine rings is 2. The Morgan fingerprint density at radius 2 is 1.25 bits per heavy atom. The van der Waals surface area contributed by atoms with Gasteiger partial charge in [0.1, 0.15) is 11.3 Å². The Morgan fingerprint density at radius 1 is 0.625 bits per heavy atom. The van der Waals surface area contributed by atoms with E-state index < -0.39 is 0 Å². The molecule has 200 valence electrons. The molecule has 0 spiro atoms. The molecule has 0 amide bonds. The van der Waals surface area contributed by atoms with Gasteiger partial charge >= 0.3 is 0 Å². The average molecular weight is 701 g/mol. The van der Waals surface area contributed by atoms with E-state index in [1.54, 1.807) is 6.07 Å². The van der Waals surface area contributed by atoms with Gasteiger partial charge in [-0.15, -0.1) is 12.1 Å². The molecule has 5 aromatic carbocycles. The van der Waals surface area contributed by atoms with Gasteiger partial charge in [0.05, 0.1) is 0 Å². The standard InChI is InChI=1S/C36H29N2O.Pt/c1-20(2)25-9-5-10-26(21(3)4)32(25)33-27-11-6-12-31(39)36(27)38-35-28(33)16-15-24-18-23-14-13-22-8-7-17-37-34(22)29(23)19-30(24)35;/h5-18,20-21,39H,1-4H3;/q-1;. The molecule has 0 atom stereocenters. The van der Waals surface area contributed by atoms with Crippen LogP contribution in [-0.4, -0.2) is 15.1 Å². The molecule has 0 aliphatic rings. The number of phenolic OH excluding ortho intramolecular Hbond substituents is 1. The van der Waals surface area contributed by atoms with E-state index in [0.29, 0.717) is 17.4 Å². The van der Waals surface area contributed by atoms with Crippen molar-refractivity contribution in [2.45, 2.75) is 39.5 Å². The predicted octanol–water partition coefficient (Wildman–Crippen LogP) is 9.66. The van der Waals surface area contributed by atoms with Crippen molar-refractivity contribution in [3.05, 3.63) is 102 Å². The molecule has 40 heavy (non-hydrogen) atoms. The Hall–Kier alpha value is -3.81. The van der Waals surface area contributed by atoms with Crippen LogP contribution in [0.5, 0.6) is 5.75 Å². The van der Waals surface area contributed by atoms with Crippen LogP contribution >= 0.6 is 0 Å². The monoisotopic (exact) mass is 700 g/mol. The van der Waals surface area contributed by atoms with E-state index in [1.165, 1.54) is 16.7 Å². The van der Waals surface area contributed by atoms with Gasteiger partial charge in [0.15, 0.2) is 0 Å². The molecule has 1 N–H and O–H groups in total. The van der Waals surface area contributed by atoms with E-state index in [-0.39, 0.29) is 26.8 Å². The van der Waals surface area contributed by atoms with Crippen LogP contribution < -0.4 is 0 Å². The van der Waals surface area contributed by atoms with Crippen LogP contribution in [0.1, 0.15) is 50.7 Å². The van der Waals surface area contributed by atoms with Crippen LogP contribution in [0.15, 0.2) is 85.1 Å². The summed E-state index contributed by atoms with van der Waals surface area (Å²) in [5.41, 5.74) is 7.38.